The lowest BCUT2D eigenvalue weighted by Crippen LogP contribution is -2.09. The van der Waals surface area contributed by atoms with Crippen molar-refractivity contribution in [2.75, 3.05) is 25.6 Å². The topological polar surface area (TPSA) is 38.3 Å². The number of ether oxygens (including phenoxy) is 1. The number of benzene rings is 1. The van der Waals surface area contributed by atoms with Crippen LogP contribution in [0.25, 0.3) is 0 Å². The molecule has 3 nitrogen and oxygen atoms in total. The zero-order chi connectivity index (χ0) is 16.9. The fourth-order valence-electron chi connectivity index (χ4n) is 3.11. The molecule has 1 heterocycles. The molecule has 1 aliphatic rings. The molecular formula is C19H22BrNO2S. The number of halogens is 1. The molecule has 0 spiro atoms. The van der Waals surface area contributed by atoms with E-state index in [4.69, 9.17) is 4.74 Å². The Morgan fingerprint density at radius 1 is 1.21 bits per heavy atom. The van der Waals surface area contributed by atoms with Gasteiger partial charge in [0, 0.05) is 30.3 Å². The number of fused-ring (bicyclic) bond motifs is 1. The van der Waals surface area contributed by atoms with Crippen LogP contribution in [0, 0.1) is 0 Å². The first kappa shape index (κ1) is 17.6. The van der Waals surface area contributed by atoms with Crippen molar-refractivity contribution in [3.05, 3.63) is 50.3 Å². The number of nitrogens with one attached hydrogen (secondary N) is 1. The monoisotopic (exact) mass is 407 g/mol. The molecule has 1 N–H and O–H groups in total. The van der Waals surface area contributed by atoms with Crippen molar-refractivity contribution in [3.63, 3.8) is 0 Å². The summed E-state index contributed by atoms with van der Waals surface area (Å²) in [6.07, 6.45) is 5.45. The smallest absolute Gasteiger partial charge is 0.203 e. The molecule has 2 aromatic rings. The SMILES string of the molecule is COCCCNc1sc(C(=O)c2ccc(Br)cc2)c2c1CCCC2. The summed E-state index contributed by atoms with van der Waals surface area (Å²) in [6.45, 7) is 1.64. The van der Waals surface area contributed by atoms with Gasteiger partial charge in [0.25, 0.3) is 0 Å². The molecule has 0 saturated heterocycles. The van der Waals surface area contributed by atoms with Gasteiger partial charge in [-0.3, -0.25) is 4.79 Å². The summed E-state index contributed by atoms with van der Waals surface area (Å²) in [6, 6.07) is 7.65. The van der Waals surface area contributed by atoms with E-state index in [1.165, 1.54) is 29.0 Å². The number of anilines is 1. The van der Waals surface area contributed by atoms with Crippen molar-refractivity contribution in [1.29, 1.82) is 0 Å². The number of carbonyl (C=O) groups is 1. The van der Waals surface area contributed by atoms with E-state index >= 15 is 0 Å². The van der Waals surface area contributed by atoms with Crippen LogP contribution in [0.15, 0.2) is 28.7 Å². The summed E-state index contributed by atoms with van der Waals surface area (Å²) in [5.41, 5.74) is 3.40. The molecule has 24 heavy (non-hydrogen) atoms. The van der Waals surface area contributed by atoms with Gasteiger partial charge in [0.05, 0.1) is 9.88 Å². The van der Waals surface area contributed by atoms with Gasteiger partial charge in [-0.2, -0.15) is 0 Å². The minimum absolute atomic E-state index is 0.149. The third-order valence-corrected chi connectivity index (χ3v) is 6.10. The summed E-state index contributed by atoms with van der Waals surface area (Å²) in [7, 11) is 1.72. The molecule has 0 radical (unpaired) electrons. The molecule has 128 valence electrons. The van der Waals surface area contributed by atoms with E-state index in [9.17, 15) is 4.79 Å². The van der Waals surface area contributed by atoms with Gasteiger partial charge in [-0.1, -0.05) is 15.9 Å². The average Bonchev–Trinajstić information content (AvgIpc) is 2.98. The van der Waals surface area contributed by atoms with E-state index < -0.39 is 0 Å². The number of carbonyl (C=O) groups excluding carboxylic acids is 1. The number of thiophene rings is 1. The van der Waals surface area contributed by atoms with Crippen LogP contribution in [-0.2, 0) is 17.6 Å². The molecule has 0 aliphatic heterocycles. The maximum Gasteiger partial charge on any atom is 0.203 e. The zero-order valence-electron chi connectivity index (χ0n) is 13.9. The van der Waals surface area contributed by atoms with Crippen molar-refractivity contribution >= 4 is 38.1 Å². The predicted molar refractivity (Wildman–Crippen MR) is 104 cm³/mol. The summed E-state index contributed by atoms with van der Waals surface area (Å²) < 4.78 is 6.10. The lowest BCUT2D eigenvalue weighted by Gasteiger charge is -2.14. The van der Waals surface area contributed by atoms with Crippen LogP contribution in [0.3, 0.4) is 0 Å². The number of hydrogen-bond acceptors (Lipinski definition) is 4. The van der Waals surface area contributed by atoms with E-state index in [1.807, 2.05) is 24.3 Å². The van der Waals surface area contributed by atoms with Crippen molar-refractivity contribution in [3.8, 4) is 0 Å². The lowest BCUT2D eigenvalue weighted by molar-refractivity contribution is 0.104. The standard InChI is InChI=1S/C19H22BrNO2S/c1-23-12-4-11-21-19-16-6-3-2-5-15(16)18(24-19)17(22)13-7-9-14(20)10-8-13/h7-10,21H,2-6,11-12H2,1H3. The van der Waals surface area contributed by atoms with Crippen LogP contribution in [0.1, 0.15) is 45.6 Å². The largest absolute Gasteiger partial charge is 0.385 e. The molecule has 3 rings (SSSR count). The first-order chi connectivity index (χ1) is 11.7. The molecule has 1 aromatic heterocycles. The van der Waals surface area contributed by atoms with Crippen LogP contribution in [-0.4, -0.2) is 26.0 Å². The Hall–Kier alpha value is -1.17. The van der Waals surface area contributed by atoms with Gasteiger partial charge in [0.15, 0.2) is 0 Å². The average molecular weight is 408 g/mol. The lowest BCUT2D eigenvalue weighted by atomic mass is 9.91. The fraction of sp³-hybridized carbons (Fsp3) is 0.421. The molecule has 1 aliphatic carbocycles. The van der Waals surface area contributed by atoms with Crippen LogP contribution in [0.4, 0.5) is 5.00 Å². The minimum atomic E-state index is 0.149. The second-order valence-corrected chi connectivity index (χ2v) is 7.97. The highest BCUT2D eigenvalue weighted by atomic mass is 79.9. The van der Waals surface area contributed by atoms with E-state index in [0.717, 1.165) is 47.3 Å². The van der Waals surface area contributed by atoms with Crippen LogP contribution < -0.4 is 5.32 Å². The second kappa shape index (κ2) is 8.28. The van der Waals surface area contributed by atoms with Crippen molar-refractivity contribution < 1.29 is 9.53 Å². The Kier molecular flexibility index (Phi) is 6.09. The highest BCUT2D eigenvalue weighted by Gasteiger charge is 2.25. The molecule has 0 atom stereocenters. The Morgan fingerprint density at radius 2 is 1.92 bits per heavy atom. The van der Waals surface area contributed by atoms with Gasteiger partial charge in [-0.05, 0) is 67.5 Å². The van der Waals surface area contributed by atoms with E-state index in [0.29, 0.717) is 0 Å². The van der Waals surface area contributed by atoms with Crippen molar-refractivity contribution in [2.24, 2.45) is 0 Å². The highest BCUT2D eigenvalue weighted by molar-refractivity contribution is 9.10. The molecule has 0 fully saturated rings. The first-order valence-corrected chi connectivity index (χ1v) is 9.99. The second-order valence-electron chi connectivity index (χ2n) is 6.03. The highest BCUT2D eigenvalue weighted by Crippen LogP contribution is 2.39. The van der Waals surface area contributed by atoms with Gasteiger partial charge in [0.2, 0.25) is 5.78 Å². The van der Waals surface area contributed by atoms with Gasteiger partial charge >= 0.3 is 0 Å². The Balaban J connectivity index is 1.85. The number of ketones is 1. The third kappa shape index (κ3) is 3.90. The summed E-state index contributed by atoms with van der Waals surface area (Å²) in [5.74, 6) is 0.149. The molecule has 0 unspecified atom stereocenters. The predicted octanol–water partition coefficient (Wildman–Crippen LogP) is 5.07. The molecular weight excluding hydrogens is 386 g/mol. The maximum absolute atomic E-state index is 13.0. The van der Waals surface area contributed by atoms with Gasteiger partial charge in [-0.25, -0.2) is 0 Å². The summed E-state index contributed by atoms with van der Waals surface area (Å²) in [5, 5.41) is 4.70. The van der Waals surface area contributed by atoms with Gasteiger partial charge in [0.1, 0.15) is 0 Å². The zero-order valence-corrected chi connectivity index (χ0v) is 16.3. The number of methoxy groups -OCH3 is 1. The van der Waals surface area contributed by atoms with Crippen LogP contribution in [0.2, 0.25) is 0 Å². The van der Waals surface area contributed by atoms with E-state index in [2.05, 4.69) is 21.2 Å². The fourth-order valence-corrected chi connectivity index (χ4v) is 4.66. The first-order valence-electron chi connectivity index (χ1n) is 8.38. The normalized spacial score (nSPS) is 13.6. The van der Waals surface area contributed by atoms with Crippen LogP contribution in [0.5, 0.6) is 0 Å². The summed E-state index contributed by atoms with van der Waals surface area (Å²) in [4.78, 5) is 13.9. The van der Waals surface area contributed by atoms with Crippen molar-refractivity contribution in [2.45, 2.75) is 32.1 Å². The van der Waals surface area contributed by atoms with Gasteiger partial charge < -0.3 is 10.1 Å². The van der Waals surface area contributed by atoms with Crippen molar-refractivity contribution in [1.82, 2.24) is 0 Å². The summed E-state index contributed by atoms with van der Waals surface area (Å²) >= 11 is 5.05. The Labute approximate surface area is 155 Å². The molecule has 0 amide bonds. The number of hydrogen-bond donors (Lipinski definition) is 1. The Morgan fingerprint density at radius 3 is 2.62 bits per heavy atom. The van der Waals surface area contributed by atoms with Gasteiger partial charge in [-0.15, -0.1) is 11.3 Å². The molecule has 1 aromatic carbocycles. The van der Waals surface area contributed by atoms with Crippen LogP contribution >= 0.6 is 27.3 Å². The Bertz CT molecular complexity index is 709. The molecule has 0 saturated carbocycles. The maximum atomic E-state index is 13.0. The number of rotatable bonds is 7. The van der Waals surface area contributed by atoms with E-state index in [1.54, 1.807) is 18.4 Å². The third-order valence-electron chi connectivity index (χ3n) is 4.34. The quantitative estimate of drug-likeness (QED) is 0.514. The minimum Gasteiger partial charge on any atom is -0.385 e. The van der Waals surface area contributed by atoms with E-state index in [-0.39, 0.29) is 5.78 Å². The molecule has 0 bridgehead atoms. The molecule has 5 heteroatoms.